The van der Waals surface area contributed by atoms with E-state index < -0.39 is 0 Å². The number of ether oxygens (including phenoxy) is 1. The summed E-state index contributed by atoms with van der Waals surface area (Å²) in [7, 11) is 0. The molecular formula is C28H26N4O4S. The van der Waals surface area contributed by atoms with Gasteiger partial charge in [0.1, 0.15) is 11.5 Å². The van der Waals surface area contributed by atoms with Gasteiger partial charge in [0.05, 0.1) is 35.2 Å². The Bertz CT molecular complexity index is 1510. The Labute approximate surface area is 218 Å². The van der Waals surface area contributed by atoms with Crippen molar-refractivity contribution in [1.82, 2.24) is 15.0 Å². The number of phenols is 1. The van der Waals surface area contributed by atoms with Crippen LogP contribution in [0.2, 0.25) is 0 Å². The molecule has 4 aromatic rings. The molecule has 0 aliphatic carbocycles. The fourth-order valence-corrected chi connectivity index (χ4v) is 4.47. The van der Waals surface area contributed by atoms with E-state index >= 15 is 0 Å². The van der Waals surface area contributed by atoms with E-state index in [1.807, 2.05) is 13.0 Å². The molecule has 0 unspecified atom stereocenters. The lowest BCUT2D eigenvalue weighted by Gasteiger charge is -2.13. The molecule has 1 amide bonds. The minimum Gasteiger partial charge on any atom is -0.507 e. The average Bonchev–Trinajstić information content (AvgIpc) is 2.91. The fraction of sp³-hybridized carbons (Fsp3) is 0.143. The summed E-state index contributed by atoms with van der Waals surface area (Å²) in [5.41, 5.74) is 4.59. The molecule has 4 rings (SSSR count). The van der Waals surface area contributed by atoms with Crippen LogP contribution in [0.15, 0.2) is 94.4 Å². The summed E-state index contributed by atoms with van der Waals surface area (Å²) < 4.78 is 7.00. The maximum absolute atomic E-state index is 13.4. The van der Waals surface area contributed by atoms with E-state index in [-0.39, 0.29) is 23.0 Å². The number of aromatic hydroxyl groups is 1. The van der Waals surface area contributed by atoms with Gasteiger partial charge in [0.15, 0.2) is 5.16 Å². The van der Waals surface area contributed by atoms with Gasteiger partial charge in [0.2, 0.25) is 0 Å². The highest BCUT2D eigenvalue weighted by Gasteiger charge is 2.15. The first-order valence-electron chi connectivity index (χ1n) is 11.6. The molecule has 0 radical (unpaired) electrons. The number of carbonyl (C=O) groups is 1. The molecule has 0 fully saturated rings. The van der Waals surface area contributed by atoms with Crippen LogP contribution in [0.5, 0.6) is 11.5 Å². The first-order valence-corrected chi connectivity index (χ1v) is 12.6. The predicted octanol–water partition coefficient (Wildman–Crippen LogP) is 4.46. The van der Waals surface area contributed by atoms with Crippen LogP contribution in [0.25, 0.3) is 16.6 Å². The van der Waals surface area contributed by atoms with Crippen LogP contribution in [-0.2, 0) is 11.2 Å². The lowest BCUT2D eigenvalue weighted by Crippen LogP contribution is -2.24. The number of nitrogens with one attached hydrogen (secondary N) is 1. The van der Waals surface area contributed by atoms with Crippen molar-refractivity contribution in [2.75, 3.05) is 12.4 Å². The summed E-state index contributed by atoms with van der Waals surface area (Å²) in [4.78, 5) is 30.5. The highest BCUT2D eigenvalue weighted by atomic mass is 32.2. The lowest BCUT2D eigenvalue weighted by atomic mass is 10.1. The Kier molecular flexibility index (Phi) is 8.37. The minimum atomic E-state index is -0.386. The number of nitrogens with zero attached hydrogens (tertiary/aromatic N) is 3. The Morgan fingerprint density at radius 3 is 2.70 bits per heavy atom. The summed E-state index contributed by atoms with van der Waals surface area (Å²) in [6.07, 6.45) is 3.60. The van der Waals surface area contributed by atoms with Crippen LogP contribution in [-0.4, -0.2) is 39.1 Å². The van der Waals surface area contributed by atoms with Crippen LogP contribution in [0.4, 0.5) is 0 Å². The second-order valence-corrected chi connectivity index (χ2v) is 8.85. The quantitative estimate of drug-likeness (QED) is 0.106. The number of amides is 1. The average molecular weight is 515 g/mol. The number of rotatable bonds is 10. The van der Waals surface area contributed by atoms with E-state index in [0.29, 0.717) is 46.1 Å². The molecule has 0 saturated carbocycles. The molecule has 1 aromatic heterocycles. The van der Waals surface area contributed by atoms with Gasteiger partial charge in [-0.15, -0.1) is 6.58 Å². The third kappa shape index (κ3) is 6.07. The van der Waals surface area contributed by atoms with Crippen LogP contribution in [0.1, 0.15) is 18.1 Å². The number of benzene rings is 3. The number of thioether (sulfide) groups is 1. The van der Waals surface area contributed by atoms with Gasteiger partial charge in [-0.05, 0) is 61.4 Å². The number of fused-ring (bicyclic) bond motifs is 1. The molecule has 0 aliphatic heterocycles. The third-order valence-corrected chi connectivity index (χ3v) is 6.33. The zero-order chi connectivity index (χ0) is 26.2. The molecule has 9 heteroatoms. The standard InChI is InChI=1S/C28H26N4O4S/c1-3-8-19-9-7-10-20(26(19)34)17-29-31-25(33)18-37-28-30-24-12-6-5-11-23(24)27(35)32(28)21-13-15-22(16-14-21)36-4-2/h3,5-7,9-17,34H,1,4,8,18H2,2H3,(H,31,33)/b29-17+. The Hall–Kier alpha value is -4.37. The summed E-state index contributed by atoms with van der Waals surface area (Å²) in [6.45, 7) is 6.12. The van der Waals surface area contributed by atoms with E-state index in [9.17, 15) is 14.7 Å². The number of allylic oxidation sites excluding steroid dienone is 1. The van der Waals surface area contributed by atoms with E-state index in [0.717, 1.165) is 17.3 Å². The van der Waals surface area contributed by atoms with Gasteiger partial charge >= 0.3 is 0 Å². The molecule has 0 atom stereocenters. The number of aromatic nitrogens is 2. The summed E-state index contributed by atoms with van der Waals surface area (Å²) in [5.74, 6) is 0.375. The van der Waals surface area contributed by atoms with Crippen molar-refractivity contribution in [2.45, 2.75) is 18.5 Å². The van der Waals surface area contributed by atoms with Gasteiger partial charge in [-0.25, -0.2) is 10.4 Å². The van der Waals surface area contributed by atoms with Gasteiger partial charge in [-0.3, -0.25) is 14.2 Å². The number of hydrogen-bond donors (Lipinski definition) is 2. The smallest absolute Gasteiger partial charge is 0.266 e. The van der Waals surface area contributed by atoms with Crippen molar-refractivity contribution in [1.29, 1.82) is 0 Å². The first-order chi connectivity index (χ1) is 18.0. The normalized spacial score (nSPS) is 11.1. The van der Waals surface area contributed by atoms with E-state index in [2.05, 4.69) is 22.1 Å². The third-order valence-electron chi connectivity index (χ3n) is 5.39. The zero-order valence-corrected chi connectivity index (χ0v) is 21.1. The van der Waals surface area contributed by atoms with E-state index in [1.54, 1.807) is 66.7 Å². The summed E-state index contributed by atoms with van der Waals surface area (Å²) in [6, 6.07) is 19.5. The maximum atomic E-state index is 13.4. The SMILES string of the molecule is C=CCc1cccc(/C=N/NC(=O)CSc2nc3ccccc3c(=O)n2-c2ccc(OCC)cc2)c1O. The largest absolute Gasteiger partial charge is 0.507 e. The molecule has 0 bridgehead atoms. The number of hydrazone groups is 1. The molecule has 0 spiro atoms. The number of para-hydroxylation sites is 2. The van der Waals surface area contributed by atoms with Crippen molar-refractivity contribution >= 4 is 34.8 Å². The predicted molar refractivity (Wildman–Crippen MR) is 147 cm³/mol. The highest BCUT2D eigenvalue weighted by molar-refractivity contribution is 7.99. The van der Waals surface area contributed by atoms with Crippen LogP contribution in [0, 0.1) is 0 Å². The van der Waals surface area contributed by atoms with Crippen molar-refractivity contribution in [3.8, 4) is 17.2 Å². The van der Waals surface area contributed by atoms with Gasteiger partial charge in [0.25, 0.3) is 11.5 Å². The van der Waals surface area contributed by atoms with Gasteiger partial charge in [0, 0.05) is 5.56 Å². The number of carbonyl (C=O) groups excluding carboxylic acids is 1. The number of hydrogen-bond acceptors (Lipinski definition) is 7. The molecule has 0 saturated heterocycles. The summed E-state index contributed by atoms with van der Waals surface area (Å²) in [5, 5.41) is 15.2. The second-order valence-electron chi connectivity index (χ2n) is 7.91. The fourth-order valence-electron chi connectivity index (χ4n) is 3.67. The number of phenolic OH excluding ortho intramolecular Hbond substituents is 1. The van der Waals surface area contributed by atoms with Crippen LogP contribution in [0.3, 0.4) is 0 Å². The molecule has 37 heavy (non-hydrogen) atoms. The van der Waals surface area contributed by atoms with Crippen LogP contribution >= 0.6 is 11.8 Å². The molecule has 188 valence electrons. The minimum absolute atomic E-state index is 0.0262. The molecule has 2 N–H and O–H groups in total. The van der Waals surface area contributed by atoms with Gasteiger partial charge < -0.3 is 9.84 Å². The zero-order valence-electron chi connectivity index (χ0n) is 20.3. The molecule has 0 aliphatic rings. The Balaban J connectivity index is 1.54. The lowest BCUT2D eigenvalue weighted by molar-refractivity contribution is -0.118. The first kappa shape index (κ1) is 25.7. The summed E-state index contributed by atoms with van der Waals surface area (Å²) >= 11 is 1.13. The molecule has 8 nitrogen and oxygen atoms in total. The van der Waals surface area contributed by atoms with E-state index in [1.165, 1.54) is 10.8 Å². The van der Waals surface area contributed by atoms with Crippen molar-refractivity contribution in [2.24, 2.45) is 5.10 Å². The molecule has 1 heterocycles. The highest BCUT2D eigenvalue weighted by Crippen LogP contribution is 2.23. The van der Waals surface area contributed by atoms with Gasteiger partial charge in [-0.1, -0.05) is 42.1 Å². The Morgan fingerprint density at radius 1 is 1.16 bits per heavy atom. The molecular weight excluding hydrogens is 488 g/mol. The van der Waals surface area contributed by atoms with Crippen molar-refractivity contribution in [3.63, 3.8) is 0 Å². The maximum Gasteiger partial charge on any atom is 0.266 e. The monoisotopic (exact) mass is 514 g/mol. The van der Waals surface area contributed by atoms with Gasteiger partial charge in [-0.2, -0.15) is 5.10 Å². The van der Waals surface area contributed by atoms with Crippen LogP contribution < -0.4 is 15.7 Å². The Morgan fingerprint density at radius 2 is 1.95 bits per heavy atom. The second kappa shape index (κ2) is 12.0. The van der Waals surface area contributed by atoms with Crippen molar-refractivity contribution in [3.05, 3.63) is 101 Å². The molecule has 3 aromatic carbocycles. The topological polar surface area (TPSA) is 106 Å². The van der Waals surface area contributed by atoms with E-state index in [4.69, 9.17) is 4.74 Å². The van der Waals surface area contributed by atoms with Crippen molar-refractivity contribution < 1.29 is 14.6 Å².